The first-order valence-corrected chi connectivity index (χ1v) is 6.59. The molecule has 0 unspecified atom stereocenters. The van der Waals surface area contributed by atoms with Crippen molar-refractivity contribution in [2.45, 2.75) is 19.0 Å². The summed E-state index contributed by atoms with van der Waals surface area (Å²) in [5.41, 5.74) is 0.257. The number of hydrogen-bond acceptors (Lipinski definition) is 3. The van der Waals surface area contributed by atoms with E-state index >= 15 is 0 Å². The molecule has 0 N–H and O–H groups in total. The van der Waals surface area contributed by atoms with Gasteiger partial charge in [0.05, 0.1) is 12.7 Å². The van der Waals surface area contributed by atoms with Crippen molar-refractivity contribution in [2.24, 2.45) is 0 Å². The van der Waals surface area contributed by atoms with E-state index in [0.717, 1.165) is 12.1 Å². The van der Waals surface area contributed by atoms with E-state index in [4.69, 9.17) is 4.74 Å². The molecule has 0 bridgehead atoms. The number of ketones is 1. The number of methoxy groups -OCH3 is 1. The van der Waals surface area contributed by atoms with Crippen molar-refractivity contribution in [1.29, 1.82) is 0 Å². The number of alkyl halides is 3. The highest BCUT2D eigenvalue weighted by Gasteiger charge is 2.29. The molecule has 0 spiro atoms. The Morgan fingerprint density at radius 3 is 2.45 bits per heavy atom. The summed E-state index contributed by atoms with van der Waals surface area (Å²) in [6.07, 6.45) is -2.34. The molecule has 3 nitrogen and oxygen atoms in total. The van der Waals surface area contributed by atoms with Gasteiger partial charge >= 0.3 is 6.18 Å². The van der Waals surface area contributed by atoms with Gasteiger partial charge in [-0.05, 0) is 30.2 Å². The third kappa shape index (κ3) is 4.07. The molecule has 1 aromatic carbocycles. The minimum atomic E-state index is -4.35. The summed E-state index contributed by atoms with van der Waals surface area (Å²) in [7, 11) is 1.49. The van der Waals surface area contributed by atoms with Crippen molar-refractivity contribution in [1.82, 2.24) is 4.98 Å². The summed E-state index contributed by atoms with van der Waals surface area (Å²) in [6, 6.07) is 7.97. The Hall–Kier alpha value is -2.37. The molecule has 0 saturated carbocycles. The molecule has 0 saturated heterocycles. The molecule has 0 aliphatic heterocycles. The van der Waals surface area contributed by atoms with Crippen molar-refractivity contribution in [3.63, 3.8) is 0 Å². The molecule has 0 aliphatic carbocycles. The first kappa shape index (κ1) is 16.0. The van der Waals surface area contributed by atoms with Gasteiger partial charge in [0.25, 0.3) is 0 Å². The normalized spacial score (nSPS) is 11.3. The molecule has 0 amide bonds. The van der Waals surface area contributed by atoms with Crippen LogP contribution >= 0.6 is 0 Å². The summed E-state index contributed by atoms with van der Waals surface area (Å²) in [5.74, 6) is 0.353. The number of halogens is 3. The number of carbonyl (C=O) groups is 1. The van der Waals surface area contributed by atoms with Crippen LogP contribution in [-0.4, -0.2) is 17.9 Å². The maximum Gasteiger partial charge on any atom is 0.416 e. The van der Waals surface area contributed by atoms with Gasteiger partial charge in [-0.2, -0.15) is 13.2 Å². The second-order valence-electron chi connectivity index (χ2n) is 4.70. The first-order valence-electron chi connectivity index (χ1n) is 6.59. The Labute approximate surface area is 125 Å². The predicted molar refractivity (Wildman–Crippen MR) is 74.9 cm³/mol. The zero-order valence-corrected chi connectivity index (χ0v) is 11.9. The zero-order chi connectivity index (χ0) is 16.2. The number of aromatic nitrogens is 1. The van der Waals surface area contributed by atoms with E-state index in [1.54, 1.807) is 6.07 Å². The average molecular weight is 309 g/mol. The van der Waals surface area contributed by atoms with Crippen LogP contribution in [0.25, 0.3) is 0 Å². The lowest BCUT2D eigenvalue weighted by molar-refractivity contribution is -0.137. The Bertz CT molecular complexity index is 651. The van der Waals surface area contributed by atoms with Gasteiger partial charge in [-0.3, -0.25) is 9.78 Å². The lowest BCUT2D eigenvalue weighted by Crippen LogP contribution is -2.06. The molecule has 116 valence electrons. The van der Waals surface area contributed by atoms with E-state index in [1.807, 2.05) is 0 Å². The maximum absolute atomic E-state index is 12.5. The molecule has 0 fully saturated rings. The standard InChI is InChI=1S/C16H14F3NO2/c1-22-13-8-9-20-14(10-13)15(21)7-4-11-2-5-12(6-3-11)16(17,18)19/h2-3,5-6,8-10H,4,7H2,1H3. The minimum absolute atomic E-state index is 0.172. The number of pyridine rings is 1. The molecule has 0 atom stereocenters. The fourth-order valence-electron chi connectivity index (χ4n) is 1.94. The van der Waals surface area contributed by atoms with Crippen molar-refractivity contribution >= 4 is 5.78 Å². The van der Waals surface area contributed by atoms with Crippen LogP contribution in [0, 0.1) is 0 Å². The van der Waals surface area contributed by atoms with Crippen molar-refractivity contribution in [3.05, 3.63) is 59.4 Å². The number of aryl methyl sites for hydroxylation is 1. The zero-order valence-electron chi connectivity index (χ0n) is 11.9. The third-order valence-corrected chi connectivity index (χ3v) is 3.17. The summed E-state index contributed by atoms with van der Waals surface area (Å²) >= 11 is 0. The van der Waals surface area contributed by atoms with E-state index in [-0.39, 0.29) is 17.9 Å². The number of benzene rings is 1. The van der Waals surface area contributed by atoms with Crippen LogP contribution in [0.5, 0.6) is 5.75 Å². The molecule has 0 radical (unpaired) electrons. The predicted octanol–water partition coefficient (Wildman–Crippen LogP) is 3.92. The van der Waals surface area contributed by atoms with Crippen LogP contribution in [0.15, 0.2) is 42.6 Å². The van der Waals surface area contributed by atoms with Gasteiger partial charge < -0.3 is 4.74 Å². The minimum Gasteiger partial charge on any atom is -0.497 e. The molecule has 2 rings (SSSR count). The molecule has 22 heavy (non-hydrogen) atoms. The Balaban J connectivity index is 1.99. The average Bonchev–Trinajstić information content (AvgIpc) is 2.52. The molecular formula is C16H14F3NO2. The smallest absolute Gasteiger partial charge is 0.416 e. The number of hydrogen-bond donors (Lipinski definition) is 0. The fourth-order valence-corrected chi connectivity index (χ4v) is 1.94. The lowest BCUT2D eigenvalue weighted by atomic mass is 10.0. The van der Waals surface area contributed by atoms with Crippen molar-refractivity contribution in [3.8, 4) is 5.75 Å². The summed E-state index contributed by atoms with van der Waals surface area (Å²) < 4.78 is 42.4. The van der Waals surface area contributed by atoms with Gasteiger partial charge in [-0.1, -0.05) is 12.1 Å². The van der Waals surface area contributed by atoms with Crippen molar-refractivity contribution < 1.29 is 22.7 Å². The molecule has 6 heteroatoms. The van der Waals surface area contributed by atoms with Gasteiger partial charge in [0, 0.05) is 18.7 Å². The van der Waals surface area contributed by atoms with Gasteiger partial charge in [0.1, 0.15) is 11.4 Å². The van der Waals surface area contributed by atoms with E-state index < -0.39 is 11.7 Å². The number of rotatable bonds is 5. The first-order chi connectivity index (χ1) is 10.4. The van der Waals surface area contributed by atoms with Crippen LogP contribution in [0.2, 0.25) is 0 Å². The SMILES string of the molecule is COc1ccnc(C(=O)CCc2ccc(C(F)(F)F)cc2)c1. The van der Waals surface area contributed by atoms with E-state index in [1.165, 1.54) is 31.5 Å². The highest BCUT2D eigenvalue weighted by molar-refractivity contribution is 5.94. The van der Waals surface area contributed by atoms with Crippen LogP contribution in [0.3, 0.4) is 0 Å². The second kappa shape index (κ2) is 6.60. The molecule has 1 heterocycles. The van der Waals surface area contributed by atoms with Crippen LogP contribution < -0.4 is 4.74 Å². The second-order valence-corrected chi connectivity index (χ2v) is 4.70. The fraction of sp³-hybridized carbons (Fsp3) is 0.250. The number of Topliss-reactive ketones (excluding diaryl/α,β-unsaturated/α-hetero) is 1. The maximum atomic E-state index is 12.5. The van der Waals surface area contributed by atoms with Crippen LogP contribution in [0.1, 0.15) is 28.0 Å². The summed E-state index contributed by atoms with van der Waals surface area (Å²) in [5, 5.41) is 0. The van der Waals surface area contributed by atoms with Crippen molar-refractivity contribution in [2.75, 3.05) is 7.11 Å². The number of ether oxygens (including phenoxy) is 1. The lowest BCUT2D eigenvalue weighted by Gasteiger charge is -2.07. The van der Waals surface area contributed by atoms with E-state index in [2.05, 4.69) is 4.98 Å². The van der Waals surface area contributed by atoms with E-state index in [0.29, 0.717) is 17.7 Å². The number of nitrogens with zero attached hydrogens (tertiary/aromatic N) is 1. The third-order valence-electron chi connectivity index (χ3n) is 3.17. The van der Waals surface area contributed by atoms with Gasteiger partial charge in [0.15, 0.2) is 5.78 Å². The highest BCUT2D eigenvalue weighted by Crippen LogP contribution is 2.29. The monoisotopic (exact) mass is 309 g/mol. The molecular weight excluding hydrogens is 295 g/mol. The van der Waals surface area contributed by atoms with Crippen LogP contribution in [0.4, 0.5) is 13.2 Å². The molecule has 1 aromatic heterocycles. The van der Waals surface area contributed by atoms with Gasteiger partial charge in [-0.25, -0.2) is 0 Å². The summed E-state index contributed by atoms with van der Waals surface area (Å²) in [6.45, 7) is 0. The van der Waals surface area contributed by atoms with Gasteiger partial charge in [-0.15, -0.1) is 0 Å². The van der Waals surface area contributed by atoms with E-state index in [9.17, 15) is 18.0 Å². The van der Waals surface area contributed by atoms with Crippen LogP contribution in [-0.2, 0) is 12.6 Å². The molecule has 0 aliphatic rings. The highest BCUT2D eigenvalue weighted by atomic mass is 19.4. The quantitative estimate of drug-likeness (QED) is 0.786. The van der Waals surface area contributed by atoms with Gasteiger partial charge in [0.2, 0.25) is 0 Å². The number of carbonyl (C=O) groups excluding carboxylic acids is 1. The Kier molecular flexibility index (Phi) is 4.80. The topological polar surface area (TPSA) is 39.2 Å². The Morgan fingerprint density at radius 1 is 1.18 bits per heavy atom. The Morgan fingerprint density at radius 2 is 1.86 bits per heavy atom. The summed E-state index contributed by atoms with van der Waals surface area (Å²) in [4.78, 5) is 16.0. The largest absolute Gasteiger partial charge is 0.497 e. The molecule has 2 aromatic rings.